The molecule has 3 aliphatic rings. The van der Waals surface area contributed by atoms with Crippen molar-refractivity contribution in [2.45, 2.75) is 76.8 Å². The van der Waals surface area contributed by atoms with Crippen molar-refractivity contribution in [2.75, 3.05) is 13.2 Å². The summed E-state index contributed by atoms with van der Waals surface area (Å²) in [7, 11) is 0. The topological polar surface area (TPSA) is 105 Å². The lowest BCUT2D eigenvalue weighted by Gasteiger charge is -2.37. The summed E-state index contributed by atoms with van der Waals surface area (Å²) in [5.41, 5.74) is -1.53. The second-order valence-electron chi connectivity index (χ2n) is 8.82. The quantitative estimate of drug-likeness (QED) is 0.659. The Morgan fingerprint density at radius 3 is 2.67 bits per heavy atom. The molecule has 3 fully saturated rings. The van der Waals surface area contributed by atoms with Crippen molar-refractivity contribution in [3.63, 3.8) is 0 Å². The molecule has 0 saturated carbocycles. The number of ether oxygens (including phenoxy) is 2. The highest BCUT2D eigenvalue weighted by Crippen LogP contribution is 2.58. The maximum atomic E-state index is 13.3. The van der Waals surface area contributed by atoms with Crippen molar-refractivity contribution in [1.82, 2.24) is 10.2 Å². The summed E-state index contributed by atoms with van der Waals surface area (Å²) >= 11 is 0. The molecule has 2 bridgehead atoms. The fraction of sp³-hybridized carbons (Fsp3) is 0.842. The van der Waals surface area contributed by atoms with Crippen LogP contribution in [0.3, 0.4) is 0 Å². The van der Waals surface area contributed by atoms with Crippen LogP contribution >= 0.6 is 0 Å². The number of carbonyl (C=O) groups excluding carboxylic acids is 3. The Kier molecular flexibility index (Phi) is 5.01. The van der Waals surface area contributed by atoms with Gasteiger partial charge < -0.3 is 24.8 Å². The summed E-state index contributed by atoms with van der Waals surface area (Å²) < 4.78 is 11.4. The van der Waals surface area contributed by atoms with Crippen LogP contribution < -0.4 is 5.32 Å². The number of aliphatic hydroxyl groups excluding tert-OH is 1. The summed E-state index contributed by atoms with van der Waals surface area (Å²) in [6.07, 6.45) is 0.726. The summed E-state index contributed by atoms with van der Waals surface area (Å²) in [6.45, 7) is 8.96. The minimum absolute atomic E-state index is 0.223. The molecule has 3 heterocycles. The third-order valence-electron chi connectivity index (χ3n) is 5.78. The first-order chi connectivity index (χ1) is 12.6. The Balaban J connectivity index is 2.02. The van der Waals surface area contributed by atoms with Crippen LogP contribution in [0.1, 0.15) is 47.5 Å². The first-order valence-corrected chi connectivity index (χ1v) is 9.67. The Bertz CT molecular complexity index is 645. The fourth-order valence-corrected chi connectivity index (χ4v) is 4.90. The monoisotopic (exact) mass is 382 g/mol. The van der Waals surface area contributed by atoms with Crippen molar-refractivity contribution in [3.8, 4) is 0 Å². The van der Waals surface area contributed by atoms with Crippen LogP contribution in [0.4, 0.5) is 0 Å². The van der Waals surface area contributed by atoms with Crippen molar-refractivity contribution >= 4 is 17.8 Å². The maximum Gasteiger partial charge on any atom is 0.312 e. The molecule has 0 radical (unpaired) electrons. The number of amides is 2. The molecule has 1 spiro atoms. The average molecular weight is 382 g/mol. The zero-order valence-corrected chi connectivity index (χ0v) is 16.7. The largest absolute Gasteiger partial charge is 0.466 e. The van der Waals surface area contributed by atoms with Gasteiger partial charge in [-0.25, -0.2) is 0 Å². The van der Waals surface area contributed by atoms with Crippen LogP contribution in [0.2, 0.25) is 0 Å². The van der Waals surface area contributed by atoms with E-state index < -0.39 is 47.1 Å². The Morgan fingerprint density at radius 1 is 1.44 bits per heavy atom. The summed E-state index contributed by atoms with van der Waals surface area (Å²) in [6, 6.07) is -1.43. The van der Waals surface area contributed by atoms with Crippen LogP contribution in [0.15, 0.2) is 0 Å². The van der Waals surface area contributed by atoms with Gasteiger partial charge in [0.1, 0.15) is 11.6 Å². The van der Waals surface area contributed by atoms with Gasteiger partial charge in [0.05, 0.1) is 37.2 Å². The second-order valence-corrected chi connectivity index (χ2v) is 8.82. The van der Waals surface area contributed by atoms with Crippen LogP contribution in [-0.4, -0.2) is 70.3 Å². The van der Waals surface area contributed by atoms with Crippen molar-refractivity contribution < 1.29 is 29.0 Å². The highest BCUT2D eigenvalue weighted by atomic mass is 16.6. The standard InChI is InChI=1S/C19H30N2O6/c1-6-26-17(25)12-11-7-8-19(27-11)13(12)16(24)21(10(2)9-22)14(19)15(23)20-18(3,4)5/h10-14,22H,6-9H2,1-5H3,(H,20,23)/t10-,11-,12+,13+,14?,19?/m1/s1. The third kappa shape index (κ3) is 3.02. The molecule has 152 valence electrons. The number of fused-ring (bicyclic) bond motifs is 1. The van der Waals surface area contributed by atoms with Crippen molar-refractivity contribution in [1.29, 1.82) is 0 Å². The van der Waals surface area contributed by atoms with E-state index in [9.17, 15) is 19.5 Å². The van der Waals surface area contributed by atoms with Crippen LogP contribution in [0, 0.1) is 11.8 Å². The molecule has 27 heavy (non-hydrogen) atoms. The minimum Gasteiger partial charge on any atom is -0.466 e. The van der Waals surface area contributed by atoms with Gasteiger partial charge in [-0.05, 0) is 47.5 Å². The van der Waals surface area contributed by atoms with Crippen molar-refractivity contribution in [2.24, 2.45) is 11.8 Å². The summed E-state index contributed by atoms with van der Waals surface area (Å²) in [4.78, 5) is 40.5. The van der Waals surface area contributed by atoms with Gasteiger partial charge in [-0.15, -0.1) is 0 Å². The van der Waals surface area contributed by atoms with Gasteiger partial charge in [-0.1, -0.05) is 0 Å². The highest BCUT2D eigenvalue weighted by molar-refractivity contribution is 5.98. The molecule has 3 aliphatic heterocycles. The average Bonchev–Trinajstić information content (AvgIpc) is 3.20. The zero-order valence-electron chi connectivity index (χ0n) is 16.7. The predicted molar refractivity (Wildman–Crippen MR) is 95.5 cm³/mol. The molecule has 8 nitrogen and oxygen atoms in total. The van der Waals surface area contributed by atoms with Crippen LogP contribution in [0.5, 0.6) is 0 Å². The molecule has 0 aromatic heterocycles. The lowest BCUT2D eigenvalue weighted by atomic mass is 9.70. The van der Waals surface area contributed by atoms with E-state index in [4.69, 9.17) is 9.47 Å². The molecule has 6 atom stereocenters. The number of likely N-dealkylation sites (tertiary alicyclic amines) is 1. The lowest BCUT2D eigenvalue weighted by molar-refractivity contribution is -0.155. The first-order valence-electron chi connectivity index (χ1n) is 9.67. The van der Waals surface area contributed by atoms with Gasteiger partial charge in [0.25, 0.3) is 0 Å². The van der Waals surface area contributed by atoms with Crippen molar-refractivity contribution in [3.05, 3.63) is 0 Å². The second kappa shape index (κ2) is 6.74. The fourth-order valence-electron chi connectivity index (χ4n) is 4.90. The highest BCUT2D eigenvalue weighted by Gasteiger charge is 2.75. The van der Waals surface area contributed by atoms with E-state index in [1.54, 1.807) is 13.8 Å². The van der Waals surface area contributed by atoms with Gasteiger partial charge >= 0.3 is 5.97 Å². The van der Waals surface area contributed by atoms with E-state index in [0.29, 0.717) is 12.8 Å². The van der Waals surface area contributed by atoms with Gasteiger partial charge in [0.2, 0.25) is 11.8 Å². The van der Waals surface area contributed by atoms with E-state index in [-0.39, 0.29) is 25.0 Å². The molecular formula is C19H30N2O6. The molecular weight excluding hydrogens is 352 g/mol. The Hall–Kier alpha value is -1.67. The maximum absolute atomic E-state index is 13.3. The molecule has 3 saturated heterocycles. The first kappa shape index (κ1) is 20.1. The number of rotatable bonds is 5. The summed E-state index contributed by atoms with van der Waals surface area (Å²) in [5, 5.41) is 12.6. The number of hydrogen-bond donors (Lipinski definition) is 2. The molecule has 3 rings (SSSR count). The molecule has 0 aliphatic carbocycles. The molecule has 8 heteroatoms. The number of hydrogen-bond acceptors (Lipinski definition) is 6. The van der Waals surface area contributed by atoms with E-state index in [2.05, 4.69) is 5.32 Å². The van der Waals surface area contributed by atoms with Gasteiger partial charge in [0, 0.05) is 5.54 Å². The molecule has 0 aromatic rings. The Labute approximate surface area is 159 Å². The predicted octanol–water partition coefficient (Wildman–Crippen LogP) is 0.220. The van der Waals surface area contributed by atoms with E-state index >= 15 is 0 Å². The normalized spacial score (nSPS) is 35.9. The number of nitrogens with zero attached hydrogens (tertiary/aromatic N) is 1. The number of carbonyl (C=O) groups is 3. The van der Waals surface area contributed by atoms with E-state index in [1.807, 2.05) is 20.8 Å². The molecule has 0 aromatic carbocycles. The zero-order chi connectivity index (χ0) is 20.1. The number of nitrogens with one attached hydrogen (secondary N) is 1. The Morgan fingerprint density at radius 2 is 2.11 bits per heavy atom. The number of aliphatic hydroxyl groups is 1. The smallest absolute Gasteiger partial charge is 0.312 e. The van der Waals surface area contributed by atoms with Gasteiger partial charge in [-0.3, -0.25) is 14.4 Å². The van der Waals surface area contributed by atoms with Gasteiger partial charge in [-0.2, -0.15) is 0 Å². The molecule has 2 unspecified atom stereocenters. The minimum atomic E-state index is -1.04. The van der Waals surface area contributed by atoms with Crippen LogP contribution in [0.25, 0.3) is 0 Å². The number of esters is 1. The lowest BCUT2D eigenvalue weighted by Crippen LogP contribution is -2.60. The van der Waals surface area contributed by atoms with E-state index in [1.165, 1.54) is 4.90 Å². The third-order valence-corrected chi connectivity index (χ3v) is 5.78. The molecule has 2 amide bonds. The summed E-state index contributed by atoms with van der Waals surface area (Å²) in [5.74, 6) is -2.53. The van der Waals surface area contributed by atoms with E-state index in [0.717, 1.165) is 0 Å². The molecule has 2 N–H and O–H groups in total. The SMILES string of the molecule is CCOC(=O)[C@@H]1[C@H]2C(=O)N([C@H](C)CO)C(C(=O)NC(C)(C)C)C23CC[C@H]1O3. The van der Waals surface area contributed by atoms with Gasteiger partial charge in [0.15, 0.2) is 0 Å². The van der Waals surface area contributed by atoms with Crippen LogP contribution in [-0.2, 0) is 23.9 Å².